The van der Waals surface area contributed by atoms with Crippen LogP contribution in [0.3, 0.4) is 0 Å². The van der Waals surface area contributed by atoms with E-state index in [1.54, 1.807) is 0 Å². The second-order valence-electron chi connectivity index (χ2n) is 9.07. The van der Waals surface area contributed by atoms with Crippen LogP contribution in [0.5, 0.6) is 11.5 Å². The molecule has 0 saturated heterocycles. The summed E-state index contributed by atoms with van der Waals surface area (Å²) in [7, 11) is 0. The molecule has 0 heterocycles. The zero-order valence-electron chi connectivity index (χ0n) is 17.8. The molecule has 27 heavy (non-hydrogen) atoms. The summed E-state index contributed by atoms with van der Waals surface area (Å²) >= 11 is 0. The lowest BCUT2D eigenvalue weighted by molar-refractivity contribution is 0.278. The van der Waals surface area contributed by atoms with Crippen LogP contribution in [-0.2, 0) is 12.8 Å². The van der Waals surface area contributed by atoms with Crippen LogP contribution in [0.1, 0.15) is 65.0 Å². The van der Waals surface area contributed by atoms with Gasteiger partial charge in [-0.25, -0.2) is 0 Å². The Balaban J connectivity index is 2.04. The summed E-state index contributed by atoms with van der Waals surface area (Å²) in [5, 5.41) is 2.43. The maximum Gasteiger partial charge on any atom is 0.130 e. The zero-order valence-corrected chi connectivity index (χ0v) is 17.8. The molecule has 2 nitrogen and oxygen atoms in total. The van der Waals surface area contributed by atoms with E-state index in [0.717, 1.165) is 50.4 Å². The number of benzene rings is 2. The minimum atomic E-state index is 0.657. The van der Waals surface area contributed by atoms with Crippen molar-refractivity contribution < 1.29 is 9.47 Å². The van der Waals surface area contributed by atoms with E-state index in [1.165, 1.54) is 28.3 Å². The second kappa shape index (κ2) is 8.99. The van der Waals surface area contributed by atoms with E-state index in [-0.39, 0.29) is 0 Å². The summed E-state index contributed by atoms with van der Waals surface area (Å²) < 4.78 is 12.8. The van der Waals surface area contributed by atoms with Gasteiger partial charge in [0, 0.05) is 21.9 Å². The van der Waals surface area contributed by atoms with Crippen molar-refractivity contribution in [1.29, 1.82) is 0 Å². The predicted molar refractivity (Wildman–Crippen MR) is 115 cm³/mol. The molecule has 0 radical (unpaired) electrons. The average molecular weight is 369 g/mol. The highest BCUT2D eigenvalue weighted by atomic mass is 16.5. The van der Waals surface area contributed by atoms with Crippen LogP contribution in [0.2, 0.25) is 0 Å². The lowest BCUT2D eigenvalue weighted by atomic mass is 9.82. The first-order valence-corrected chi connectivity index (χ1v) is 10.8. The van der Waals surface area contributed by atoms with Crippen LogP contribution >= 0.6 is 0 Å². The van der Waals surface area contributed by atoms with Gasteiger partial charge in [-0.05, 0) is 49.9 Å². The first kappa shape index (κ1) is 20.0. The van der Waals surface area contributed by atoms with Crippen LogP contribution in [0, 0.1) is 17.8 Å². The molecule has 0 aliphatic heterocycles. The fourth-order valence-electron chi connectivity index (χ4n) is 3.92. The van der Waals surface area contributed by atoms with Crippen LogP contribution in [0.25, 0.3) is 10.8 Å². The molecule has 1 aliphatic rings. The van der Waals surface area contributed by atoms with E-state index < -0.39 is 0 Å². The summed E-state index contributed by atoms with van der Waals surface area (Å²) in [5.41, 5.74) is 2.80. The Hall–Kier alpha value is -1.70. The molecular weight excluding hydrogens is 332 g/mol. The Bertz CT molecular complexity index is 760. The topological polar surface area (TPSA) is 18.5 Å². The Morgan fingerprint density at radius 2 is 1.37 bits per heavy atom. The number of fused-ring (bicyclic) bond motifs is 2. The Morgan fingerprint density at radius 3 is 1.89 bits per heavy atom. The Kier molecular flexibility index (Phi) is 6.68. The predicted octanol–water partition coefficient (Wildman–Crippen LogP) is 6.81. The lowest BCUT2D eigenvalue weighted by Gasteiger charge is -2.28. The summed E-state index contributed by atoms with van der Waals surface area (Å²) in [6, 6.07) is 8.64. The van der Waals surface area contributed by atoms with Gasteiger partial charge in [-0.1, -0.05) is 58.9 Å². The number of hydrogen-bond donors (Lipinski definition) is 0. The molecule has 2 aromatic rings. The van der Waals surface area contributed by atoms with E-state index in [0.29, 0.717) is 17.8 Å². The van der Waals surface area contributed by atoms with Gasteiger partial charge < -0.3 is 9.47 Å². The quantitative estimate of drug-likeness (QED) is 0.509. The maximum atomic E-state index is 6.42. The number of ether oxygens (including phenoxy) is 2. The first-order valence-electron chi connectivity index (χ1n) is 10.8. The molecule has 0 aromatic heterocycles. The van der Waals surface area contributed by atoms with Crippen molar-refractivity contribution in [3.63, 3.8) is 0 Å². The second-order valence-corrected chi connectivity index (χ2v) is 9.07. The highest BCUT2D eigenvalue weighted by Crippen LogP contribution is 2.45. The molecule has 1 atom stereocenters. The van der Waals surface area contributed by atoms with Crippen LogP contribution in [0.15, 0.2) is 24.3 Å². The summed E-state index contributed by atoms with van der Waals surface area (Å²) in [6.45, 7) is 13.0. The third-order valence-corrected chi connectivity index (χ3v) is 5.65. The minimum absolute atomic E-state index is 0.657. The highest BCUT2D eigenvalue weighted by Gasteiger charge is 2.26. The number of hydrogen-bond acceptors (Lipinski definition) is 2. The third-order valence-electron chi connectivity index (χ3n) is 5.65. The molecule has 2 heteroatoms. The lowest BCUT2D eigenvalue weighted by Crippen LogP contribution is -2.16. The molecule has 0 saturated carbocycles. The summed E-state index contributed by atoms with van der Waals surface area (Å²) in [4.78, 5) is 0. The minimum Gasteiger partial charge on any atom is -0.493 e. The molecule has 0 fully saturated rings. The van der Waals surface area contributed by atoms with Crippen LogP contribution < -0.4 is 9.47 Å². The van der Waals surface area contributed by atoms with Crippen LogP contribution in [0.4, 0.5) is 0 Å². The summed E-state index contributed by atoms with van der Waals surface area (Å²) in [6.07, 6.45) is 5.60. The van der Waals surface area contributed by atoms with Gasteiger partial charge in [0.25, 0.3) is 0 Å². The van der Waals surface area contributed by atoms with Crippen molar-refractivity contribution in [2.24, 2.45) is 17.8 Å². The van der Waals surface area contributed by atoms with Gasteiger partial charge in [-0.3, -0.25) is 0 Å². The van der Waals surface area contributed by atoms with E-state index in [9.17, 15) is 0 Å². The van der Waals surface area contributed by atoms with Gasteiger partial charge in [-0.15, -0.1) is 0 Å². The fourth-order valence-corrected chi connectivity index (χ4v) is 3.92. The maximum absolute atomic E-state index is 6.42. The zero-order chi connectivity index (χ0) is 19.4. The standard InChI is InChI=1S/C25H36O2/c1-17(2)12-14-26-24-20-8-6-7-9-21(20)25(27-15-13-18(3)4)23-16-19(5)10-11-22(23)24/h6-9,17-19H,10-16H2,1-5H3. The van der Waals surface area contributed by atoms with E-state index >= 15 is 0 Å². The molecule has 3 rings (SSSR count). The molecule has 1 aliphatic carbocycles. The van der Waals surface area contributed by atoms with Crippen LogP contribution in [-0.4, -0.2) is 13.2 Å². The first-order chi connectivity index (χ1) is 13.0. The SMILES string of the molecule is CC(C)CCOc1c2c(c(OCCC(C)C)c3ccccc13)CC(C)CC2. The van der Waals surface area contributed by atoms with Gasteiger partial charge in [-0.2, -0.15) is 0 Å². The fraction of sp³-hybridized carbons (Fsp3) is 0.600. The van der Waals surface area contributed by atoms with Gasteiger partial charge in [0.1, 0.15) is 11.5 Å². The van der Waals surface area contributed by atoms with Crippen molar-refractivity contribution >= 4 is 10.8 Å². The average Bonchev–Trinajstić information content (AvgIpc) is 2.62. The van der Waals surface area contributed by atoms with Gasteiger partial charge in [0.05, 0.1) is 13.2 Å². The molecule has 1 unspecified atom stereocenters. The highest BCUT2D eigenvalue weighted by molar-refractivity contribution is 5.96. The third kappa shape index (κ3) is 4.78. The van der Waals surface area contributed by atoms with Crippen molar-refractivity contribution in [3.8, 4) is 11.5 Å². The molecule has 148 valence electrons. The van der Waals surface area contributed by atoms with Gasteiger partial charge >= 0.3 is 0 Å². The number of rotatable bonds is 8. The molecule has 0 bridgehead atoms. The molecule has 0 N–H and O–H groups in total. The van der Waals surface area contributed by atoms with Gasteiger partial charge in [0.15, 0.2) is 0 Å². The van der Waals surface area contributed by atoms with Crippen molar-refractivity contribution in [2.45, 2.75) is 66.7 Å². The Morgan fingerprint density at radius 1 is 0.852 bits per heavy atom. The van der Waals surface area contributed by atoms with Crippen molar-refractivity contribution in [2.75, 3.05) is 13.2 Å². The molecule has 0 amide bonds. The normalized spacial score (nSPS) is 16.8. The van der Waals surface area contributed by atoms with E-state index in [2.05, 4.69) is 58.9 Å². The smallest absolute Gasteiger partial charge is 0.130 e. The Labute approximate surface area is 165 Å². The van der Waals surface area contributed by atoms with E-state index in [4.69, 9.17) is 9.47 Å². The molecule has 0 spiro atoms. The van der Waals surface area contributed by atoms with E-state index in [1.807, 2.05) is 0 Å². The van der Waals surface area contributed by atoms with Gasteiger partial charge in [0.2, 0.25) is 0 Å². The summed E-state index contributed by atoms with van der Waals surface area (Å²) in [5.74, 6) is 4.25. The largest absolute Gasteiger partial charge is 0.493 e. The molecule has 2 aromatic carbocycles. The monoisotopic (exact) mass is 368 g/mol. The molecular formula is C25H36O2. The van der Waals surface area contributed by atoms with Crippen molar-refractivity contribution in [1.82, 2.24) is 0 Å². The van der Waals surface area contributed by atoms with Crippen molar-refractivity contribution in [3.05, 3.63) is 35.4 Å².